The second kappa shape index (κ2) is 10.1. The lowest BCUT2D eigenvalue weighted by Crippen LogP contribution is -2.54. The van der Waals surface area contributed by atoms with Gasteiger partial charge in [0.05, 0.1) is 19.9 Å². The molecule has 8 nitrogen and oxygen atoms in total. The van der Waals surface area contributed by atoms with E-state index in [4.69, 9.17) is 14.2 Å². The number of nitrogens with zero attached hydrogens (tertiary/aromatic N) is 1. The van der Waals surface area contributed by atoms with Gasteiger partial charge in [-0.15, -0.1) is 0 Å². The molecule has 3 aromatic carbocycles. The lowest BCUT2D eigenvalue weighted by Gasteiger charge is -2.26. The van der Waals surface area contributed by atoms with Crippen molar-refractivity contribution in [2.75, 3.05) is 19.1 Å². The van der Waals surface area contributed by atoms with Crippen molar-refractivity contribution in [3.05, 3.63) is 89.2 Å². The maximum absolute atomic E-state index is 13.4. The SMILES string of the molecule is COc1ccc(N2C(=O)NC(=O)C(=Cc3ccc(OCc4cccc(F)c4)c(OC)c3)C2=O)cc1. The van der Waals surface area contributed by atoms with Gasteiger partial charge in [0, 0.05) is 0 Å². The zero-order valence-corrected chi connectivity index (χ0v) is 18.9. The Hall–Kier alpha value is -4.66. The molecular weight excluding hydrogens is 455 g/mol. The summed E-state index contributed by atoms with van der Waals surface area (Å²) in [5, 5.41) is 2.18. The number of hydrogen-bond donors (Lipinski definition) is 1. The van der Waals surface area contributed by atoms with Gasteiger partial charge in [0.15, 0.2) is 11.5 Å². The topological polar surface area (TPSA) is 94.2 Å². The Balaban J connectivity index is 1.58. The molecule has 1 saturated heterocycles. The molecule has 1 N–H and O–H groups in total. The van der Waals surface area contributed by atoms with Crippen LogP contribution in [0.1, 0.15) is 11.1 Å². The molecule has 0 radical (unpaired) electrons. The van der Waals surface area contributed by atoms with Gasteiger partial charge in [-0.3, -0.25) is 14.9 Å². The van der Waals surface area contributed by atoms with E-state index >= 15 is 0 Å². The second-order valence-corrected chi connectivity index (χ2v) is 7.48. The third-order valence-electron chi connectivity index (χ3n) is 5.21. The molecule has 0 spiro atoms. The summed E-state index contributed by atoms with van der Waals surface area (Å²) in [6.07, 6.45) is 1.36. The predicted octanol–water partition coefficient (Wildman–Crippen LogP) is 4.09. The highest BCUT2D eigenvalue weighted by atomic mass is 19.1. The average Bonchev–Trinajstić information content (AvgIpc) is 2.86. The van der Waals surface area contributed by atoms with Gasteiger partial charge in [-0.05, 0) is 65.7 Å². The molecule has 0 saturated carbocycles. The minimum Gasteiger partial charge on any atom is -0.497 e. The van der Waals surface area contributed by atoms with Gasteiger partial charge in [0.1, 0.15) is 23.7 Å². The fourth-order valence-electron chi connectivity index (χ4n) is 3.47. The monoisotopic (exact) mass is 476 g/mol. The van der Waals surface area contributed by atoms with E-state index in [9.17, 15) is 18.8 Å². The molecule has 178 valence electrons. The highest BCUT2D eigenvalue weighted by Gasteiger charge is 2.36. The highest BCUT2D eigenvalue weighted by molar-refractivity contribution is 6.39. The molecule has 4 rings (SSSR count). The van der Waals surface area contributed by atoms with Gasteiger partial charge in [-0.25, -0.2) is 14.1 Å². The molecular formula is C26H21FN2O6. The third kappa shape index (κ3) is 5.14. The quantitative estimate of drug-likeness (QED) is 0.408. The number of barbiturate groups is 1. The van der Waals surface area contributed by atoms with Crippen LogP contribution in [-0.2, 0) is 16.2 Å². The van der Waals surface area contributed by atoms with Gasteiger partial charge in [-0.1, -0.05) is 18.2 Å². The third-order valence-corrected chi connectivity index (χ3v) is 5.21. The first-order valence-corrected chi connectivity index (χ1v) is 10.5. The molecule has 1 fully saturated rings. The number of hydrogen-bond acceptors (Lipinski definition) is 6. The Morgan fingerprint density at radius 2 is 1.69 bits per heavy atom. The first-order valence-electron chi connectivity index (χ1n) is 10.5. The Morgan fingerprint density at radius 3 is 2.37 bits per heavy atom. The Bertz CT molecular complexity index is 1320. The molecule has 1 aliphatic heterocycles. The van der Waals surface area contributed by atoms with Crippen LogP contribution in [-0.4, -0.2) is 32.1 Å². The van der Waals surface area contributed by atoms with E-state index in [2.05, 4.69) is 5.32 Å². The van der Waals surface area contributed by atoms with Crippen molar-refractivity contribution in [2.45, 2.75) is 6.61 Å². The van der Waals surface area contributed by atoms with E-state index in [0.29, 0.717) is 28.4 Å². The number of urea groups is 1. The largest absolute Gasteiger partial charge is 0.497 e. The molecule has 35 heavy (non-hydrogen) atoms. The number of methoxy groups -OCH3 is 2. The number of carbonyl (C=O) groups is 3. The van der Waals surface area contributed by atoms with Crippen LogP contribution in [0.5, 0.6) is 17.2 Å². The van der Waals surface area contributed by atoms with E-state index in [1.165, 1.54) is 44.6 Å². The molecule has 9 heteroatoms. The van der Waals surface area contributed by atoms with Gasteiger partial charge in [0.25, 0.3) is 11.8 Å². The smallest absolute Gasteiger partial charge is 0.335 e. The summed E-state index contributed by atoms with van der Waals surface area (Å²) in [7, 11) is 2.95. The summed E-state index contributed by atoms with van der Waals surface area (Å²) in [6, 6.07) is 16.3. The number of amides is 4. The number of halogens is 1. The second-order valence-electron chi connectivity index (χ2n) is 7.48. The minimum absolute atomic E-state index is 0.119. The van der Waals surface area contributed by atoms with Crippen molar-refractivity contribution in [1.82, 2.24) is 5.32 Å². The summed E-state index contributed by atoms with van der Waals surface area (Å²) < 4.78 is 29.6. The summed E-state index contributed by atoms with van der Waals surface area (Å²) in [4.78, 5) is 38.8. The normalized spacial score (nSPS) is 14.7. The number of benzene rings is 3. The molecule has 0 bridgehead atoms. The lowest BCUT2D eigenvalue weighted by molar-refractivity contribution is -0.122. The Morgan fingerprint density at radius 1 is 0.914 bits per heavy atom. The van der Waals surface area contributed by atoms with Gasteiger partial charge in [0.2, 0.25) is 0 Å². The Labute approximate surface area is 200 Å². The number of anilines is 1. The van der Waals surface area contributed by atoms with Crippen molar-refractivity contribution in [3.63, 3.8) is 0 Å². The highest BCUT2D eigenvalue weighted by Crippen LogP contribution is 2.31. The summed E-state index contributed by atoms with van der Waals surface area (Å²) >= 11 is 0. The van der Waals surface area contributed by atoms with Crippen LogP contribution in [0.3, 0.4) is 0 Å². The minimum atomic E-state index is -0.846. The summed E-state index contributed by atoms with van der Waals surface area (Å²) in [5.41, 5.74) is 1.18. The molecule has 4 amide bonds. The van der Waals surface area contributed by atoms with Crippen LogP contribution >= 0.6 is 0 Å². The number of ether oxygens (including phenoxy) is 3. The molecule has 0 aromatic heterocycles. The molecule has 0 unspecified atom stereocenters. The number of rotatable bonds is 7. The fourth-order valence-corrected chi connectivity index (χ4v) is 3.47. The van der Waals surface area contributed by atoms with Crippen molar-refractivity contribution in [1.29, 1.82) is 0 Å². The molecule has 0 aliphatic carbocycles. The van der Waals surface area contributed by atoms with E-state index in [1.807, 2.05) is 0 Å². The van der Waals surface area contributed by atoms with Crippen LogP contribution < -0.4 is 24.4 Å². The van der Waals surface area contributed by atoms with Crippen molar-refractivity contribution < 1.29 is 33.0 Å². The van der Waals surface area contributed by atoms with Gasteiger partial charge >= 0.3 is 6.03 Å². The zero-order valence-electron chi connectivity index (χ0n) is 18.9. The van der Waals surface area contributed by atoms with E-state index < -0.39 is 17.8 Å². The number of imide groups is 2. The van der Waals surface area contributed by atoms with Gasteiger partial charge < -0.3 is 14.2 Å². The van der Waals surface area contributed by atoms with E-state index in [0.717, 1.165) is 4.90 Å². The standard InChI is InChI=1S/C26H21FN2O6/c1-33-20-9-7-19(8-10-20)29-25(31)21(24(30)28-26(29)32)13-16-6-11-22(23(14-16)34-2)35-15-17-4-3-5-18(27)12-17/h3-14H,15H2,1-2H3,(H,28,30,32). The van der Waals surface area contributed by atoms with Crippen LogP contribution in [0.15, 0.2) is 72.3 Å². The van der Waals surface area contributed by atoms with Crippen LogP contribution in [0, 0.1) is 5.82 Å². The molecule has 3 aromatic rings. The zero-order chi connectivity index (χ0) is 24.9. The summed E-state index contributed by atoms with van der Waals surface area (Å²) in [6.45, 7) is 0.119. The first kappa shape index (κ1) is 23.5. The lowest BCUT2D eigenvalue weighted by atomic mass is 10.1. The van der Waals surface area contributed by atoms with Crippen LogP contribution in [0.25, 0.3) is 6.08 Å². The van der Waals surface area contributed by atoms with E-state index in [1.54, 1.807) is 42.5 Å². The summed E-state index contributed by atoms with van der Waals surface area (Å²) in [5.74, 6) is -0.643. The molecule has 1 heterocycles. The number of carbonyl (C=O) groups excluding carboxylic acids is 3. The number of nitrogens with one attached hydrogen (secondary N) is 1. The van der Waals surface area contributed by atoms with Crippen molar-refractivity contribution >= 4 is 29.6 Å². The fraction of sp³-hybridized carbons (Fsp3) is 0.115. The molecule has 0 atom stereocenters. The first-order chi connectivity index (χ1) is 16.9. The van der Waals surface area contributed by atoms with Crippen molar-refractivity contribution in [3.8, 4) is 17.2 Å². The molecule has 1 aliphatic rings. The van der Waals surface area contributed by atoms with E-state index in [-0.39, 0.29) is 23.7 Å². The van der Waals surface area contributed by atoms with Crippen LogP contribution in [0.4, 0.5) is 14.9 Å². The van der Waals surface area contributed by atoms with Gasteiger partial charge in [-0.2, -0.15) is 0 Å². The predicted molar refractivity (Wildman–Crippen MR) is 126 cm³/mol. The maximum atomic E-state index is 13.4. The average molecular weight is 476 g/mol. The van der Waals surface area contributed by atoms with Crippen molar-refractivity contribution in [2.24, 2.45) is 0 Å². The van der Waals surface area contributed by atoms with Crippen LogP contribution in [0.2, 0.25) is 0 Å². The maximum Gasteiger partial charge on any atom is 0.335 e. The Kier molecular flexibility index (Phi) is 6.77.